The van der Waals surface area contributed by atoms with E-state index < -0.39 is 7.12 Å². The van der Waals surface area contributed by atoms with E-state index in [1.54, 1.807) is 11.4 Å². The molecule has 0 aliphatic carbocycles. The molecule has 0 radical (unpaired) electrons. The fourth-order valence-corrected chi connectivity index (χ4v) is 1.78. The van der Waals surface area contributed by atoms with Gasteiger partial charge in [-0.15, -0.1) is 11.3 Å². The molecule has 0 fully saturated rings. The summed E-state index contributed by atoms with van der Waals surface area (Å²) in [7, 11) is -1.38. The molecule has 0 saturated carbocycles. The van der Waals surface area contributed by atoms with Crippen LogP contribution in [0.1, 0.15) is 26.2 Å². The van der Waals surface area contributed by atoms with Gasteiger partial charge in [0.15, 0.2) is 0 Å². The van der Waals surface area contributed by atoms with Crippen molar-refractivity contribution < 1.29 is 14.8 Å². The summed E-state index contributed by atoms with van der Waals surface area (Å²) in [5, 5.41) is 19.5. The Morgan fingerprint density at radius 3 is 2.79 bits per heavy atom. The Kier molecular flexibility index (Phi) is 5.00. The summed E-state index contributed by atoms with van der Waals surface area (Å²) in [6.45, 7) is 2.84. The van der Waals surface area contributed by atoms with Crippen molar-refractivity contribution in [3.05, 3.63) is 11.4 Å². The Morgan fingerprint density at radius 2 is 2.21 bits per heavy atom. The van der Waals surface area contributed by atoms with Crippen molar-refractivity contribution in [2.24, 2.45) is 0 Å². The second kappa shape index (κ2) is 6.06. The molecule has 0 spiro atoms. The first-order valence-electron chi connectivity index (χ1n) is 4.81. The van der Waals surface area contributed by atoms with Crippen molar-refractivity contribution in [3.8, 4) is 5.75 Å². The average Bonchev–Trinajstić information content (AvgIpc) is 2.61. The Morgan fingerprint density at radius 1 is 1.43 bits per heavy atom. The van der Waals surface area contributed by atoms with E-state index in [2.05, 4.69) is 6.92 Å². The van der Waals surface area contributed by atoms with Gasteiger partial charge in [-0.3, -0.25) is 0 Å². The van der Waals surface area contributed by atoms with Crippen LogP contribution in [-0.2, 0) is 0 Å². The molecule has 3 nitrogen and oxygen atoms in total. The van der Waals surface area contributed by atoms with E-state index in [9.17, 15) is 0 Å². The first-order chi connectivity index (χ1) is 6.74. The molecule has 78 valence electrons. The Hall–Kier alpha value is -0.515. The van der Waals surface area contributed by atoms with Crippen molar-refractivity contribution in [2.75, 3.05) is 6.61 Å². The smallest absolute Gasteiger partial charge is 0.493 e. The summed E-state index contributed by atoms with van der Waals surface area (Å²) >= 11 is 1.30. The van der Waals surface area contributed by atoms with Crippen molar-refractivity contribution >= 4 is 23.2 Å². The van der Waals surface area contributed by atoms with Gasteiger partial charge in [-0.2, -0.15) is 0 Å². The van der Waals surface area contributed by atoms with Crippen LogP contribution in [0, 0.1) is 0 Å². The van der Waals surface area contributed by atoms with Crippen molar-refractivity contribution in [1.29, 1.82) is 0 Å². The molecular weight excluding hydrogens is 199 g/mol. The first-order valence-corrected chi connectivity index (χ1v) is 5.69. The van der Waals surface area contributed by atoms with Crippen LogP contribution in [0.5, 0.6) is 5.75 Å². The predicted octanol–water partition coefficient (Wildman–Crippen LogP) is 0.997. The summed E-state index contributed by atoms with van der Waals surface area (Å²) in [5.41, 5.74) is 0. The highest BCUT2D eigenvalue weighted by molar-refractivity contribution is 7.20. The van der Waals surface area contributed by atoms with Gasteiger partial charge in [0.05, 0.1) is 6.61 Å². The predicted molar refractivity (Wildman–Crippen MR) is 59.2 cm³/mol. The van der Waals surface area contributed by atoms with Crippen LogP contribution in [0.3, 0.4) is 0 Å². The SMILES string of the molecule is CCCCCOc1csc(B(O)O)c1. The fourth-order valence-electron chi connectivity index (χ4n) is 1.09. The van der Waals surface area contributed by atoms with E-state index in [0.29, 0.717) is 11.4 Å². The quantitative estimate of drug-likeness (QED) is 0.548. The molecular formula is C9H15BO3S. The van der Waals surface area contributed by atoms with E-state index in [1.807, 2.05) is 0 Å². The standard InChI is InChI=1S/C9H15BO3S/c1-2-3-4-5-13-8-6-9(10(11)12)14-7-8/h6-7,11-12H,2-5H2,1H3. The Bertz CT molecular complexity index is 262. The molecule has 0 aliphatic heterocycles. The first kappa shape index (κ1) is 11.6. The number of unbranched alkanes of at least 4 members (excludes halogenated alkanes) is 2. The molecule has 2 N–H and O–H groups in total. The second-order valence-corrected chi connectivity index (χ2v) is 4.06. The molecule has 5 heteroatoms. The molecule has 1 rings (SSSR count). The zero-order chi connectivity index (χ0) is 10.4. The largest absolute Gasteiger partial charge is 0.499 e. The van der Waals surface area contributed by atoms with E-state index in [4.69, 9.17) is 14.8 Å². The van der Waals surface area contributed by atoms with Crippen LogP contribution >= 0.6 is 11.3 Å². The van der Waals surface area contributed by atoms with E-state index in [-0.39, 0.29) is 0 Å². The zero-order valence-corrected chi connectivity index (χ0v) is 9.09. The molecule has 0 saturated heterocycles. The van der Waals surface area contributed by atoms with Crippen LogP contribution in [0.15, 0.2) is 11.4 Å². The summed E-state index contributed by atoms with van der Waals surface area (Å²) in [6.07, 6.45) is 3.39. The molecule has 14 heavy (non-hydrogen) atoms. The molecule has 0 aromatic carbocycles. The number of rotatable bonds is 6. The van der Waals surface area contributed by atoms with Gasteiger partial charge in [0.25, 0.3) is 0 Å². The fraction of sp³-hybridized carbons (Fsp3) is 0.556. The number of hydrogen-bond donors (Lipinski definition) is 2. The van der Waals surface area contributed by atoms with Gasteiger partial charge in [-0.05, 0) is 12.5 Å². The molecule has 1 aromatic heterocycles. The van der Waals surface area contributed by atoms with Gasteiger partial charge in [0, 0.05) is 10.2 Å². The lowest BCUT2D eigenvalue weighted by molar-refractivity contribution is 0.307. The van der Waals surface area contributed by atoms with E-state index >= 15 is 0 Å². The minimum absolute atomic E-state index is 0.524. The highest BCUT2D eigenvalue weighted by Crippen LogP contribution is 2.14. The van der Waals surface area contributed by atoms with Crippen LogP contribution in [0.4, 0.5) is 0 Å². The lowest BCUT2D eigenvalue weighted by Crippen LogP contribution is -2.26. The van der Waals surface area contributed by atoms with Crippen LogP contribution in [0.2, 0.25) is 0 Å². The van der Waals surface area contributed by atoms with Gasteiger partial charge in [0.1, 0.15) is 5.75 Å². The lowest BCUT2D eigenvalue weighted by atomic mass is 9.90. The molecule has 1 aromatic rings. The minimum Gasteiger partial charge on any atom is -0.493 e. The maximum Gasteiger partial charge on any atom is 0.499 e. The summed E-state index contributed by atoms with van der Waals surface area (Å²) in [5.74, 6) is 0.731. The maximum absolute atomic E-state index is 8.86. The topological polar surface area (TPSA) is 49.7 Å². The van der Waals surface area contributed by atoms with E-state index in [1.165, 1.54) is 24.2 Å². The minimum atomic E-state index is -1.38. The molecule has 0 amide bonds. The highest BCUT2D eigenvalue weighted by Gasteiger charge is 2.13. The third-order valence-electron chi connectivity index (χ3n) is 1.87. The normalized spacial score (nSPS) is 10.2. The van der Waals surface area contributed by atoms with Gasteiger partial charge in [-0.1, -0.05) is 19.8 Å². The van der Waals surface area contributed by atoms with Crippen molar-refractivity contribution in [1.82, 2.24) is 0 Å². The molecule has 1 heterocycles. The van der Waals surface area contributed by atoms with E-state index in [0.717, 1.165) is 12.2 Å². The van der Waals surface area contributed by atoms with Gasteiger partial charge < -0.3 is 14.8 Å². The number of hydrogen-bond acceptors (Lipinski definition) is 4. The van der Waals surface area contributed by atoms with Gasteiger partial charge >= 0.3 is 7.12 Å². The summed E-state index contributed by atoms with van der Waals surface area (Å²) < 4.78 is 5.95. The average molecular weight is 214 g/mol. The lowest BCUT2D eigenvalue weighted by Gasteiger charge is -2.01. The van der Waals surface area contributed by atoms with Crippen molar-refractivity contribution in [2.45, 2.75) is 26.2 Å². The summed E-state index contributed by atoms with van der Waals surface area (Å²) in [4.78, 5) is 0. The number of ether oxygens (including phenoxy) is 1. The second-order valence-electron chi connectivity index (χ2n) is 3.11. The van der Waals surface area contributed by atoms with Crippen LogP contribution in [0.25, 0.3) is 0 Å². The van der Waals surface area contributed by atoms with Gasteiger partial charge in [0.2, 0.25) is 0 Å². The van der Waals surface area contributed by atoms with Gasteiger partial charge in [-0.25, -0.2) is 0 Å². The highest BCUT2D eigenvalue weighted by atomic mass is 32.1. The Labute approximate surface area is 88.5 Å². The molecule has 0 bridgehead atoms. The Balaban J connectivity index is 2.29. The third-order valence-corrected chi connectivity index (χ3v) is 2.82. The molecule has 0 atom stereocenters. The van der Waals surface area contributed by atoms with Crippen LogP contribution < -0.4 is 9.51 Å². The number of thiophene rings is 1. The van der Waals surface area contributed by atoms with Crippen LogP contribution in [-0.4, -0.2) is 23.8 Å². The van der Waals surface area contributed by atoms with Crippen molar-refractivity contribution in [3.63, 3.8) is 0 Å². The summed E-state index contributed by atoms with van der Waals surface area (Å²) in [6, 6.07) is 1.67. The monoisotopic (exact) mass is 214 g/mol. The maximum atomic E-state index is 8.86. The zero-order valence-electron chi connectivity index (χ0n) is 8.27. The molecule has 0 aliphatic rings. The molecule has 0 unspecified atom stereocenters. The third kappa shape index (κ3) is 3.70.